The van der Waals surface area contributed by atoms with Gasteiger partial charge in [-0.1, -0.05) is 24.3 Å². The molecule has 1 aromatic carbocycles. The minimum Gasteiger partial charge on any atom is -0.312 e. The molecule has 20 heavy (non-hydrogen) atoms. The molecule has 1 heterocycles. The number of aromatic nitrogens is 1. The van der Waals surface area contributed by atoms with Crippen LogP contribution in [0.1, 0.15) is 39.7 Å². The van der Waals surface area contributed by atoms with Gasteiger partial charge in [0.1, 0.15) is 0 Å². The first-order valence-corrected chi connectivity index (χ1v) is 7.22. The van der Waals surface area contributed by atoms with Gasteiger partial charge in [-0.15, -0.1) is 0 Å². The van der Waals surface area contributed by atoms with Gasteiger partial charge in [-0.05, 0) is 63.2 Å². The van der Waals surface area contributed by atoms with Gasteiger partial charge in [0, 0.05) is 23.3 Å². The Kier molecular flexibility index (Phi) is 4.56. The quantitative estimate of drug-likeness (QED) is 0.830. The molecule has 0 amide bonds. The minimum absolute atomic E-state index is 0.187. The summed E-state index contributed by atoms with van der Waals surface area (Å²) in [7, 11) is 0. The second-order valence-electron chi connectivity index (χ2n) is 6.25. The maximum Gasteiger partial charge on any atom is 0.0346 e. The molecule has 0 saturated heterocycles. The molecule has 2 rings (SSSR count). The summed E-state index contributed by atoms with van der Waals surface area (Å²) < 4.78 is 0. The Hall–Kier alpha value is -1.67. The molecular formula is C18H24N2. The summed E-state index contributed by atoms with van der Waals surface area (Å²) in [4.78, 5) is 4.19. The van der Waals surface area contributed by atoms with Crippen LogP contribution in [-0.4, -0.2) is 17.1 Å². The molecule has 1 N–H and O–H groups in total. The van der Waals surface area contributed by atoms with Crippen molar-refractivity contribution in [1.29, 1.82) is 0 Å². The largest absolute Gasteiger partial charge is 0.312 e. The lowest BCUT2D eigenvalue weighted by Gasteiger charge is -2.19. The van der Waals surface area contributed by atoms with E-state index in [2.05, 4.69) is 68.3 Å². The SMILES string of the molecule is CC(=CCCNC(C)(C)C)c1cccc2cnccc12. The normalized spacial score (nSPS) is 12.9. The van der Waals surface area contributed by atoms with Crippen LogP contribution in [0, 0.1) is 0 Å². The van der Waals surface area contributed by atoms with Crippen LogP contribution >= 0.6 is 0 Å². The van der Waals surface area contributed by atoms with Crippen molar-refractivity contribution in [2.45, 2.75) is 39.7 Å². The summed E-state index contributed by atoms with van der Waals surface area (Å²) in [6.07, 6.45) is 7.14. The van der Waals surface area contributed by atoms with E-state index in [1.54, 1.807) is 0 Å². The number of pyridine rings is 1. The summed E-state index contributed by atoms with van der Waals surface area (Å²) in [6.45, 7) is 9.78. The Morgan fingerprint density at radius 3 is 2.80 bits per heavy atom. The molecule has 2 aromatic rings. The van der Waals surface area contributed by atoms with Crippen molar-refractivity contribution in [2.75, 3.05) is 6.54 Å². The van der Waals surface area contributed by atoms with E-state index in [1.165, 1.54) is 21.9 Å². The molecule has 0 radical (unpaired) electrons. The van der Waals surface area contributed by atoms with Crippen LogP contribution in [0.5, 0.6) is 0 Å². The predicted molar refractivity (Wildman–Crippen MR) is 87.8 cm³/mol. The molecule has 0 aliphatic carbocycles. The van der Waals surface area contributed by atoms with Crippen LogP contribution in [0.15, 0.2) is 42.7 Å². The van der Waals surface area contributed by atoms with E-state index >= 15 is 0 Å². The average Bonchev–Trinajstić information content (AvgIpc) is 2.41. The molecule has 0 unspecified atom stereocenters. The summed E-state index contributed by atoms with van der Waals surface area (Å²) in [6, 6.07) is 8.49. The highest BCUT2D eigenvalue weighted by molar-refractivity contribution is 5.92. The number of fused-ring (bicyclic) bond motifs is 1. The zero-order valence-electron chi connectivity index (χ0n) is 12.9. The number of nitrogens with zero attached hydrogens (tertiary/aromatic N) is 1. The molecule has 0 bridgehead atoms. The van der Waals surface area contributed by atoms with Crippen molar-refractivity contribution < 1.29 is 0 Å². The van der Waals surface area contributed by atoms with Crippen molar-refractivity contribution in [1.82, 2.24) is 10.3 Å². The van der Waals surface area contributed by atoms with E-state index in [0.717, 1.165) is 13.0 Å². The van der Waals surface area contributed by atoms with E-state index in [1.807, 2.05) is 12.4 Å². The third-order valence-electron chi connectivity index (χ3n) is 3.36. The number of hydrogen-bond donors (Lipinski definition) is 1. The number of nitrogens with one attached hydrogen (secondary N) is 1. The van der Waals surface area contributed by atoms with Crippen LogP contribution in [0.25, 0.3) is 16.3 Å². The van der Waals surface area contributed by atoms with Gasteiger partial charge in [-0.25, -0.2) is 0 Å². The fourth-order valence-electron chi connectivity index (χ4n) is 2.31. The molecular weight excluding hydrogens is 244 g/mol. The fraction of sp³-hybridized carbons (Fsp3) is 0.389. The molecule has 0 saturated carbocycles. The topological polar surface area (TPSA) is 24.9 Å². The molecule has 0 fully saturated rings. The van der Waals surface area contributed by atoms with Crippen LogP contribution < -0.4 is 5.32 Å². The lowest BCUT2D eigenvalue weighted by molar-refractivity contribution is 0.431. The summed E-state index contributed by atoms with van der Waals surface area (Å²) in [5, 5.41) is 5.99. The van der Waals surface area contributed by atoms with Gasteiger partial charge in [0.25, 0.3) is 0 Å². The zero-order valence-corrected chi connectivity index (χ0v) is 12.9. The van der Waals surface area contributed by atoms with E-state index in [4.69, 9.17) is 0 Å². The highest BCUT2D eigenvalue weighted by Crippen LogP contribution is 2.24. The zero-order chi connectivity index (χ0) is 14.6. The number of allylic oxidation sites excluding steroid dienone is 1. The van der Waals surface area contributed by atoms with E-state index in [9.17, 15) is 0 Å². The Balaban J connectivity index is 2.13. The molecule has 0 aliphatic rings. The van der Waals surface area contributed by atoms with Crippen molar-refractivity contribution in [3.63, 3.8) is 0 Å². The molecule has 0 atom stereocenters. The van der Waals surface area contributed by atoms with Crippen molar-refractivity contribution in [3.05, 3.63) is 48.3 Å². The fourth-order valence-corrected chi connectivity index (χ4v) is 2.31. The van der Waals surface area contributed by atoms with E-state index in [-0.39, 0.29) is 5.54 Å². The van der Waals surface area contributed by atoms with E-state index in [0.29, 0.717) is 0 Å². The first-order valence-electron chi connectivity index (χ1n) is 7.22. The first-order chi connectivity index (χ1) is 9.47. The van der Waals surface area contributed by atoms with Crippen molar-refractivity contribution in [2.24, 2.45) is 0 Å². The highest BCUT2D eigenvalue weighted by atomic mass is 14.9. The van der Waals surface area contributed by atoms with Gasteiger partial charge in [0.15, 0.2) is 0 Å². The second-order valence-corrected chi connectivity index (χ2v) is 6.25. The van der Waals surface area contributed by atoms with Crippen LogP contribution in [0.2, 0.25) is 0 Å². The predicted octanol–water partition coefficient (Wildman–Crippen LogP) is 4.42. The summed E-state index contributed by atoms with van der Waals surface area (Å²) in [5.74, 6) is 0. The average molecular weight is 268 g/mol. The molecule has 1 aromatic heterocycles. The lowest BCUT2D eigenvalue weighted by atomic mass is 10.00. The maximum absolute atomic E-state index is 4.19. The van der Waals surface area contributed by atoms with Gasteiger partial charge in [-0.2, -0.15) is 0 Å². The van der Waals surface area contributed by atoms with Gasteiger partial charge >= 0.3 is 0 Å². The Labute approximate surface area is 121 Å². The van der Waals surface area contributed by atoms with Crippen LogP contribution in [0.4, 0.5) is 0 Å². The summed E-state index contributed by atoms with van der Waals surface area (Å²) in [5.41, 5.74) is 2.82. The van der Waals surface area contributed by atoms with Gasteiger partial charge < -0.3 is 5.32 Å². The van der Waals surface area contributed by atoms with Gasteiger partial charge in [0.2, 0.25) is 0 Å². The minimum atomic E-state index is 0.187. The first kappa shape index (κ1) is 14.7. The smallest absolute Gasteiger partial charge is 0.0346 e. The Bertz CT molecular complexity index is 601. The molecule has 106 valence electrons. The third-order valence-corrected chi connectivity index (χ3v) is 3.36. The van der Waals surface area contributed by atoms with Crippen LogP contribution in [0.3, 0.4) is 0 Å². The number of benzene rings is 1. The second kappa shape index (κ2) is 6.19. The Morgan fingerprint density at radius 1 is 1.25 bits per heavy atom. The molecule has 2 heteroatoms. The van der Waals surface area contributed by atoms with Crippen molar-refractivity contribution >= 4 is 16.3 Å². The van der Waals surface area contributed by atoms with Crippen LogP contribution in [-0.2, 0) is 0 Å². The monoisotopic (exact) mass is 268 g/mol. The molecule has 0 aliphatic heterocycles. The van der Waals surface area contributed by atoms with Gasteiger partial charge in [-0.3, -0.25) is 4.98 Å². The molecule has 2 nitrogen and oxygen atoms in total. The van der Waals surface area contributed by atoms with E-state index < -0.39 is 0 Å². The summed E-state index contributed by atoms with van der Waals surface area (Å²) >= 11 is 0. The third kappa shape index (κ3) is 3.91. The van der Waals surface area contributed by atoms with Crippen molar-refractivity contribution in [3.8, 4) is 0 Å². The standard InChI is InChI=1S/C18H24N2/c1-14(7-6-11-20-18(2,3)4)16-9-5-8-15-13-19-12-10-17(15)16/h5,7-10,12-13,20H,6,11H2,1-4H3. The lowest BCUT2D eigenvalue weighted by Crippen LogP contribution is -2.36. The Morgan fingerprint density at radius 2 is 2.05 bits per heavy atom. The number of rotatable bonds is 4. The number of hydrogen-bond acceptors (Lipinski definition) is 2. The maximum atomic E-state index is 4.19. The molecule has 0 spiro atoms. The van der Waals surface area contributed by atoms with Gasteiger partial charge in [0.05, 0.1) is 0 Å². The highest BCUT2D eigenvalue weighted by Gasteiger charge is 2.07.